The Labute approximate surface area is 85.9 Å². The maximum Gasteiger partial charge on any atom is 0.121 e. The Morgan fingerprint density at radius 2 is 2.36 bits per heavy atom. The molecular formula is C12H19NO. The third-order valence-electron chi connectivity index (χ3n) is 3.11. The van der Waals surface area contributed by atoms with Gasteiger partial charge in [0.05, 0.1) is 6.54 Å². The smallest absolute Gasteiger partial charge is 0.121 e. The third-order valence-corrected chi connectivity index (χ3v) is 3.11. The molecule has 1 aromatic heterocycles. The van der Waals surface area contributed by atoms with Crippen molar-refractivity contribution in [2.24, 2.45) is 0 Å². The minimum atomic E-state index is 0.712. The lowest BCUT2D eigenvalue weighted by atomic mass is 9.97. The van der Waals surface area contributed by atoms with Crippen LogP contribution in [0.4, 0.5) is 0 Å². The molecule has 1 atom stereocenters. The van der Waals surface area contributed by atoms with Crippen molar-refractivity contribution in [1.29, 1.82) is 0 Å². The number of furan rings is 1. The topological polar surface area (TPSA) is 16.4 Å². The summed E-state index contributed by atoms with van der Waals surface area (Å²) in [6.45, 7) is 5.27. The first-order valence-electron chi connectivity index (χ1n) is 5.49. The van der Waals surface area contributed by atoms with Crippen molar-refractivity contribution in [2.45, 2.75) is 45.7 Å². The summed E-state index contributed by atoms with van der Waals surface area (Å²) < 4.78 is 5.66. The summed E-state index contributed by atoms with van der Waals surface area (Å²) in [5, 5.41) is 0. The first-order valence-corrected chi connectivity index (χ1v) is 5.49. The van der Waals surface area contributed by atoms with E-state index in [2.05, 4.69) is 24.9 Å². The number of nitrogens with zero attached hydrogens (tertiary/aromatic N) is 1. The van der Waals surface area contributed by atoms with Crippen LogP contribution in [0.2, 0.25) is 0 Å². The minimum Gasteiger partial charge on any atom is -0.465 e. The molecule has 2 heterocycles. The fraction of sp³-hybridized carbons (Fsp3) is 0.667. The lowest BCUT2D eigenvalue weighted by Crippen LogP contribution is -2.36. The standard InChI is InChI=1S/C12H19NO/c1-4-5-11-7-10-6-9(2)14-12(10)8-13(11)3/h6,11H,4-5,7-8H2,1-3H3. The molecule has 78 valence electrons. The Morgan fingerprint density at radius 1 is 1.57 bits per heavy atom. The number of hydrogen-bond donors (Lipinski definition) is 0. The third kappa shape index (κ3) is 1.71. The van der Waals surface area contributed by atoms with Gasteiger partial charge in [-0.2, -0.15) is 0 Å². The van der Waals surface area contributed by atoms with Crippen molar-refractivity contribution in [3.63, 3.8) is 0 Å². The monoisotopic (exact) mass is 193 g/mol. The van der Waals surface area contributed by atoms with Crippen molar-refractivity contribution < 1.29 is 4.42 Å². The van der Waals surface area contributed by atoms with Gasteiger partial charge in [-0.05, 0) is 38.4 Å². The molecule has 2 heteroatoms. The van der Waals surface area contributed by atoms with E-state index in [0.29, 0.717) is 6.04 Å². The molecule has 2 nitrogen and oxygen atoms in total. The predicted octanol–water partition coefficient (Wildman–Crippen LogP) is 2.74. The number of rotatable bonds is 2. The Balaban J connectivity index is 2.17. The van der Waals surface area contributed by atoms with Gasteiger partial charge in [0.25, 0.3) is 0 Å². The second-order valence-corrected chi connectivity index (χ2v) is 4.37. The highest BCUT2D eigenvalue weighted by molar-refractivity contribution is 5.24. The quantitative estimate of drug-likeness (QED) is 0.718. The Hall–Kier alpha value is -0.760. The fourth-order valence-electron chi connectivity index (χ4n) is 2.34. The number of likely N-dealkylation sites (N-methyl/N-ethyl adjacent to an activating group) is 1. The van der Waals surface area contributed by atoms with Crippen LogP contribution in [-0.2, 0) is 13.0 Å². The van der Waals surface area contributed by atoms with E-state index in [1.807, 2.05) is 6.92 Å². The SMILES string of the molecule is CCCC1Cc2cc(C)oc2CN1C. The summed E-state index contributed by atoms with van der Waals surface area (Å²) >= 11 is 0. The molecule has 0 radical (unpaired) electrons. The molecule has 1 aliphatic rings. The van der Waals surface area contributed by atoms with E-state index in [0.717, 1.165) is 18.7 Å². The summed E-state index contributed by atoms with van der Waals surface area (Å²) in [5.41, 5.74) is 1.43. The zero-order chi connectivity index (χ0) is 10.1. The maximum absolute atomic E-state index is 5.66. The molecule has 0 fully saturated rings. The van der Waals surface area contributed by atoms with Gasteiger partial charge in [-0.1, -0.05) is 13.3 Å². The van der Waals surface area contributed by atoms with Crippen LogP contribution < -0.4 is 0 Å². The van der Waals surface area contributed by atoms with Gasteiger partial charge in [-0.15, -0.1) is 0 Å². The first kappa shape index (κ1) is 9.78. The van der Waals surface area contributed by atoms with E-state index in [9.17, 15) is 0 Å². The molecule has 0 bridgehead atoms. The molecule has 0 saturated heterocycles. The number of aryl methyl sites for hydroxylation is 1. The van der Waals surface area contributed by atoms with Crippen LogP contribution >= 0.6 is 0 Å². The van der Waals surface area contributed by atoms with E-state index in [4.69, 9.17) is 4.42 Å². The second kappa shape index (κ2) is 3.77. The molecule has 0 aromatic carbocycles. The van der Waals surface area contributed by atoms with E-state index < -0.39 is 0 Å². The van der Waals surface area contributed by atoms with E-state index >= 15 is 0 Å². The largest absolute Gasteiger partial charge is 0.465 e. The van der Waals surface area contributed by atoms with Crippen LogP contribution in [0, 0.1) is 6.92 Å². The normalized spacial score (nSPS) is 22.4. The lowest BCUT2D eigenvalue weighted by molar-refractivity contribution is 0.184. The van der Waals surface area contributed by atoms with Crippen LogP contribution in [0.1, 0.15) is 36.8 Å². The highest BCUT2D eigenvalue weighted by Crippen LogP contribution is 2.26. The van der Waals surface area contributed by atoms with Crippen molar-refractivity contribution in [1.82, 2.24) is 4.90 Å². The summed E-state index contributed by atoms with van der Waals surface area (Å²) in [5.74, 6) is 2.23. The minimum absolute atomic E-state index is 0.712. The maximum atomic E-state index is 5.66. The molecule has 0 spiro atoms. The molecule has 0 N–H and O–H groups in total. The summed E-state index contributed by atoms with van der Waals surface area (Å²) in [7, 11) is 2.20. The summed E-state index contributed by atoms with van der Waals surface area (Å²) in [6, 6.07) is 2.91. The van der Waals surface area contributed by atoms with Gasteiger partial charge in [-0.25, -0.2) is 0 Å². The highest BCUT2D eigenvalue weighted by Gasteiger charge is 2.25. The fourth-order valence-corrected chi connectivity index (χ4v) is 2.34. The zero-order valence-corrected chi connectivity index (χ0v) is 9.34. The van der Waals surface area contributed by atoms with Gasteiger partial charge in [-0.3, -0.25) is 4.90 Å². The van der Waals surface area contributed by atoms with E-state index in [1.165, 1.54) is 24.2 Å². The van der Waals surface area contributed by atoms with Crippen molar-refractivity contribution in [2.75, 3.05) is 7.05 Å². The van der Waals surface area contributed by atoms with E-state index in [1.54, 1.807) is 0 Å². The van der Waals surface area contributed by atoms with Crippen LogP contribution in [0.3, 0.4) is 0 Å². The average molecular weight is 193 g/mol. The van der Waals surface area contributed by atoms with Gasteiger partial charge in [0.2, 0.25) is 0 Å². The molecule has 0 saturated carbocycles. The van der Waals surface area contributed by atoms with Crippen molar-refractivity contribution >= 4 is 0 Å². The predicted molar refractivity (Wildman–Crippen MR) is 57.3 cm³/mol. The highest BCUT2D eigenvalue weighted by atomic mass is 16.3. The number of hydrogen-bond acceptors (Lipinski definition) is 2. The molecule has 0 aliphatic carbocycles. The molecule has 1 aliphatic heterocycles. The second-order valence-electron chi connectivity index (χ2n) is 4.37. The lowest BCUT2D eigenvalue weighted by Gasteiger charge is -2.31. The summed E-state index contributed by atoms with van der Waals surface area (Å²) in [6.07, 6.45) is 3.72. The molecule has 1 aromatic rings. The van der Waals surface area contributed by atoms with Crippen LogP contribution in [0.5, 0.6) is 0 Å². The van der Waals surface area contributed by atoms with Gasteiger partial charge in [0.15, 0.2) is 0 Å². The van der Waals surface area contributed by atoms with Crippen LogP contribution in [0.25, 0.3) is 0 Å². The summed E-state index contributed by atoms with van der Waals surface area (Å²) in [4.78, 5) is 2.41. The van der Waals surface area contributed by atoms with Crippen molar-refractivity contribution in [3.05, 3.63) is 23.2 Å². The van der Waals surface area contributed by atoms with Crippen LogP contribution in [-0.4, -0.2) is 18.0 Å². The molecule has 2 rings (SSSR count). The van der Waals surface area contributed by atoms with Gasteiger partial charge in [0.1, 0.15) is 11.5 Å². The zero-order valence-electron chi connectivity index (χ0n) is 9.34. The Morgan fingerprint density at radius 3 is 3.07 bits per heavy atom. The molecule has 14 heavy (non-hydrogen) atoms. The number of fused-ring (bicyclic) bond motifs is 1. The van der Waals surface area contributed by atoms with Gasteiger partial charge >= 0.3 is 0 Å². The van der Waals surface area contributed by atoms with Gasteiger partial charge in [0, 0.05) is 6.04 Å². The van der Waals surface area contributed by atoms with Crippen LogP contribution in [0.15, 0.2) is 10.5 Å². The molecule has 1 unspecified atom stereocenters. The van der Waals surface area contributed by atoms with E-state index in [-0.39, 0.29) is 0 Å². The average Bonchev–Trinajstić information content (AvgIpc) is 2.45. The van der Waals surface area contributed by atoms with Crippen molar-refractivity contribution in [3.8, 4) is 0 Å². The van der Waals surface area contributed by atoms with Gasteiger partial charge < -0.3 is 4.42 Å². The molecule has 0 amide bonds. The molecular weight excluding hydrogens is 174 g/mol. The Kier molecular flexibility index (Phi) is 2.64. The first-order chi connectivity index (χ1) is 6.70. The Bertz CT molecular complexity index is 316.